The van der Waals surface area contributed by atoms with Crippen molar-refractivity contribution in [2.24, 2.45) is 0 Å². The first-order valence-corrected chi connectivity index (χ1v) is 5.25. The third-order valence-corrected chi connectivity index (χ3v) is 2.56. The van der Waals surface area contributed by atoms with E-state index in [0.29, 0.717) is 13.2 Å². The zero-order chi connectivity index (χ0) is 10.5. The van der Waals surface area contributed by atoms with E-state index in [1.54, 1.807) is 6.20 Å². The number of hydrogen-bond donors (Lipinski definition) is 2. The Balaban J connectivity index is 1.71. The van der Waals surface area contributed by atoms with Gasteiger partial charge in [0.2, 0.25) is 0 Å². The van der Waals surface area contributed by atoms with Crippen LogP contribution in [0.2, 0.25) is 0 Å². The van der Waals surface area contributed by atoms with Gasteiger partial charge in [0.05, 0.1) is 25.4 Å². The van der Waals surface area contributed by atoms with Gasteiger partial charge >= 0.3 is 0 Å². The van der Waals surface area contributed by atoms with Gasteiger partial charge in [-0.1, -0.05) is 6.07 Å². The van der Waals surface area contributed by atoms with E-state index in [4.69, 9.17) is 4.74 Å². The molecule has 1 saturated heterocycles. The summed E-state index contributed by atoms with van der Waals surface area (Å²) in [7, 11) is 0. The molecule has 4 heteroatoms. The average Bonchev–Trinajstić information content (AvgIpc) is 2.66. The molecule has 0 radical (unpaired) electrons. The molecule has 2 unspecified atom stereocenters. The Bertz CT molecular complexity index is 292. The zero-order valence-corrected chi connectivity index (χ0v) is 8.60. The Hall–Kier alpha value is -0.970. The molecule has 2 rings (SSSR count). The predicted molar refractivity (Wildman–Crippen MR) is 56.6 cm³/mol. The van der Waals surface area contributed by atoms with Gasteiger partial charge in [-0.15, -0.1) is 0 Å². The second-order valence-corrected chi connectivity index (χ2v) is 3.74. The molecule has 0 amide bonds. The number of aliphatic hydroxyl groups excluding tert-OH is 1. The monoisotopic (exact) mass is 208 g/mol. The number of hydrogen-bond acceptors (Lipinski definition) is 4. The number of pyridine rings is 1. The lowest BCUT2D eigenvalue weighted by Gasteiger charge is -2.13. The molecular weight excluding hydrogens is 192 g/mol. The summed E-state index contributed by atoms with van der Waals surface area (Å²) in [4.78, 5) is 4.23. The molecule has 2 atom stereocenters. The van der Waals surface area contributed by atoms with Crippen molar-refractivity contribution in [2.75, 3.05) is 19.8 Å². The van der Waals surface area contributed by atoms with Crippen LogP contribution in [0.4, 0.5) is 0 Å². The highest BCUT2D eigenvalue weighted by Crippen LogP contribution is 2.04. The molecule has 15 heavy (non-hydrogen) atoms. The summed E-state index contributed by atoms with van der Waals surface area (Å²) in [6.45, 7) is 1.87. The van der Waals surface area contributed by atoms with Crippen LogP contribution in [0.25, 0.3) is 0 Å². The topological polar surface area (TPSA) is 54.4 Å². The second kappa shape index (κ2) is 5.21. The summed E-state index contributed by atoms with van der Waals surface area (Å²) < 4.78 is 5.14. The first-order chi connectivity index (χ1) is 7.36. The molecule has 0 bridgehead atoms. The van der Waals surface area contributed by atoms with Crippen LogP contribution in [-0.2, 0) is 11.2 Å². The van der Waals surface area contributed by atoms with Gasteiger partial charge in [-0.3, -0.25) is 4.98 Å². The lowest BCUT2D eigenvalue weighted by atomic mass is 10.2. The second-order valence-electron chi connectivity index (χ2n) is 3.74. The van der Waals surface area contributed by atoms with Crippen LogP contribution < -0.4 is 5.32 Å². The van der Waals surface area contributed by atoms with Crippen molar-refractivity contribution in [1.82, 2.24) is 10.3 Å². The molecule has 1 aliphatic heterocycles. The SMILES string of the molecule is OC1COCC1NCCc1ccccn1. The highest BCUT2D eigenvalue weighted by molar-refractivity contribution is 5.03. The number of aliphatic hydroxyl groups is 1. The van der Waals surface area contributed by atoms with Crippen LogP contribution in [0.3, 0.4) is 0 Å². The molecule has 1 fully saturated rings. The summed E-state index contributed by atoms with van der Waals surface area (Å²) in [6, 6.07) is 5.97. The van der Waals surface area contributed by atoms with Crippen LogP contribution in [-0.4, -0.2) is 42.0 Å². The Kier molecular flexibility index (Phi) is 3.66. The average molecular weight is 208 g/mol. The molecular formula is C11H16N2O2. The molecule has 2 heterocycles. The summed E-state index contributed by atoms with van der Waals surface area (Å²) in [6.07, 6.45) is 2.31. The van der Waals surface area contributed by atoms with Gasteiger partial charge in [0.15, 0.2) is 0 Å². The van der Waals surface area contributed by atoms with E-state index in [9.17, 15) is 5.11 Å². The maximum absolute atomic E-state index is 9.48. The Labute approximate surface area is 89.3 Å². The maximum atomic E-state index is 9.48. The van der Waals surface area contributed by atoms with Crippen LogP contribution in [0.1, 0.15) is 5.69 Å². The van der Waals surface area contributed by atoms with E-state index >= 15 is 0 Å². The quantitative estimate of drug-likeness (QED) is 0.730. The number of nitrogens with one attached hydrogen (secondary N) is 1. The van der Waals surface area contributed by atoms with Gasteiger partial charge in [-0.05, 0) is 12.1 Å². The zero-order valence-electron chi connectivity index (χ0n) is 8.60. The maximum Gasteiger partial charge on any atom is 0.0948 e. The van der Waals surface area contributed by atoms with E-state index in [2.05, 4.69) is 10.3 Å². The van der Waals surface area contributed by atoms with Gasteiger partial charge in [0, 0.05) is 24.9 Å². The minimum Gasteiger partial charge on any atom is -0.389 e. The summed E-state index contributed by atoms with van der Waals surface area (Å²) >= 11 is 0. The fourth-order valence-electron chi connectivity index (χ4n) is 1.67. The first-order valence-electron chi connectivity index (χ1n) is 5.25. The van der Waals surface area contributed by atoms with E-state index in [1.807, 2.05) is 18.2 Å². The van der Waals surface area contributed by atoms with Crippen molar-refractivity contribution in [1.29, 1.82) is 0 Å². The summed E-state index contributed by atoms with van der Waals surface area (Å²) in [5.74, 6) is 0. The van der Waals surface area contributed by atoms with Crippen LogP contribution in [0.5, 0.6) is 0 Å². The molecule has 2 N–H and O–H groups in total. The largest absolute Gasteiger partial charge is 0.389 e. The first kappa shape index (κ1) is 10.5. The van der Waals surface area contributed by atoms with Gasteiger partial charge < -0.3 is 15.2 Å². The molecule has 0 aromatic carbocycles. The molecule has 0 saturated carbocycles. The molecule has 0 spiro atoms. The number of aromatic nitrogens is 1. The lowest BCUT2D eigenvalue weighted by Crippen LogP contribution is -2.39. The lowest BCUT2D eigenvalue weighted by molar-refractivity contribution is 0.122. The molecule has 1 aliphatic rings. The van der Waals surface area contributed by atoms with Crippen molar-refractivity contribution in [3.8, 4) is 0 Å². The molecule has 1 aromatic heterocycles. The van der Waals surface area contributed by atoms with Crippen molar-refractivity contribution in [3.63, 3.8) is 0 Å². The Morgan fingerprint density at radius 2 is 2.40 bits per heavy atom. The van der Waals surface area contributed by atoms with Crippen molar-refractivity contribution in [2.45, 2.75) is 18.6 Å². The Morgan fingerprint density at radius 1 is 1.47 bits per heavy atom. The minimum atomic E-state index is -0.367. The summed E-state index contributed by atoms with van der Waals surface area (Å²) in [5, 5.41) is 12.7. The van der Waals surface area contributed by atoms with Gasteiger partial charge in [-0.2, -0.15) is 0 Å². The standard InChI is InChI=1S/C11H16N2O2/c14-11-8-15-7-10(11)13-6-4-9-3-1-2-5-12-9/h1-3,5,10-11,13-14H,4,6-8H2. The van der Waals surface area contributed by atoms with Gasteiger partial charge in [0.1, 0.15) is 0 Å². The number of ether oxygens (including phenoxy) is 1. The van der Waals surface area contributed by atoms with Gasteiger partial charge in [-0.25, -0.2) is 0 Å². The van der Waals surface area contributed by atoms with Crippen molar-refractivity contribution >= 4 is 0 Å². The normalized spacial score (nSPS) is 25.7. The van der Waals surface area contributed by atoms with Crippen LogP contribution in [0, 0.1) is 0 Å². The van der Waals surface area contributed by atoms with E-state index in [0.717, 1.165) is 18.7 Å². The third kappa shape index (κ3) is 2.99. The predicted octanol–water partition coefficient (Wildman–Crippen LogP) is -0.0266. The molecule has 1 aromatic rings. The minimum absolute atomic E-state index is 0.0775. The highest BCUT2D eigenvalue weighted by atomic mass is 16.5. The van der Waals surface area contributed by atoms with Gasteiger partial charge in [0.25, 0.3) is 0 Å². The molecule has 82 valence electrons. The van der Waals surface area contributed by atoms with E-state index < -0.39 is 0 Å². The van der Waals surface area contributed by atoms with Crippen molar-refractivity contribution in [3.05, 3.63) is 30.1 Å². The highest BCUT2D eigenvalue weighted by Gasteiger charge is 2.24. The van der Waals surface area contributed by atoms with E-state index in [1.165, 1.54) is 0 Å². The fourth-order valence-corrected chi connectivity index (χ4v) is 1.67. The molecule has 4 nitrogen and oxygen atoms in total. The number of nitrogens with zero attached hydrogens (tertiary/aromatic N) is 1. The fraction of sp³-hybridized carbons (Fsp3) is 0.545. The summed E-state index contributed by atoms with van der Waals surface area (Å²) in [5.41, 5.74) is 1.07. The number of rotatable bonds is 4. The molecule has 0 aliphatic carbocycles. The van der Waals surface area contributed by atoms with Crippen molar-refractivity contribution < 1.29 is 9.84 Å². The van der Waals surface area contributed by atoms with Crippen LogP contribution >= 0.6 is 0 Å². The smallest absolute Gasteiger partial charge is 0.0948 e. The van der Waals surface area contributed by atoms with Crippen LogP contribution in [0.15, 0.2) is 24.4 Å². The van der Waals surface area contributed by atoms with E-state index in [-0.39, 0.29) is 12.1 Å². The Morgan fingerprint density at radius 3 is 3.07 bits per heavy atom. The third-order valence-electron chi connectivity index (χ3n) is 2.56.